The Morgan fingerprint density at radius 3 is 1.13 bits per heavy atom. The number of ketones is 6. The fourth-order valence-electron chi connectivity index (χ4n) is 12.1. The summed E-state index contributed by atoms with van der Waals surface area (Å²) in [4.78, 5) is 91.8. The predicted molar refractivity (Wildman–Crippen MR) is 513 cm³/mol. The number of benzene rings is 8. The molecule has 12 aromatic heterocycles. The van der Waals surface area contributed by atoms with Crippen LogP contribution in [-0.4, -0.2) is 88.6 Å². The molecule has 0 atom stereocenters. The Kier molecular flexibility index (Phi) is 55.5. The van der Waals surface area contributed by atoms with E-state index in [2.05, 4.69) is 97.6 Å². The number of fused-ring (bicyclic) bond motifs is 2. The van der Waals surface area contributed by atoms with E-state index in [1.165, 1.54) is 69.4 Å². The van der Waals surface area contributed by atoms with Crippen LogP contribution in [0.1, 0.15) is 149 Å². The van der Waals surface area contributed by atoms with Gasteiger partial charge in [-0.15, -0.1) is 83.9 Å². The third kappa shape index (κ3) is 42.1. The smallest absolute Gasteiger partial charge is 0.661 e. The summed E-state index contributed by atoms with van der Waals surface area (Å²) in [6.45, 7) is 16.7. The monoisotopic (exact) mass is 3020 g/mol. The quantitative estimate of drug-likeness (QED) is 0.0475. The normalized spacial score (nSPS) is 10.2. The van der Waals surface area contributed by atoms with E-state index in [0.717, 1.165) is 89.6 Å². The Balaban J connectivity index is 0.000000418. The first kappa shape index (κ1) is 129. The third-order valence-corrected chi connectivity index (χ3v) is 19.3. The first-order valence-electron chi connectivity index (χ1n) is 42.8. The average molecular weight is 3020 g/mol. The van der Waals surface area contributed by atoms with Crippen molar-refractivity contribution < 1.29 is 204 Å². The van der Waals surface area contributed by atoms with Gasteiger partial charge in [0.05, 0.1) is 0 Å². The maximum atomic E-state index is 12.6. The van der Waals surface area contributed by atoms with Crippen LogP contribution in [0.3, 0.4) is 0 Å². The molecule has 0 unspecified atom stereocenters. The molecule has 20 rings (SSSR count). The van der Waals surface area contributed by atoms with Crippen molar-refractivity contribution in [1.82, 2.24) is 83.8 Å². The molecular weight excluding hydrogens is 2930 g/mol. The molecule has 0 spiro atoms. The number of aryl methyl sites for hydroxylation is 3. The molecule has 41 heteroatoms. The Morgan fingerprint density at radius 1 is 0.329 bits per heavy atom. The number of nitrogens with zero attached hydrogens (tertiary/aromatic N) is 17. The molecule has 0 saturated carbocycles. The number of rotatable bonds is 12. The summed E-state index contributed by atoms with van der Waals surface area (Å²) in [6.07, 6.45) is 7.19. The molecule has 0 aliphatic heterocycles. The average Bonchev–Trinajstić information content (AvgIpc) is 1.29. The fourth-order valence-corrected chi connectivity index (χ4v) is 12.1. The van der Waals surface area contributed by atoms with Crippen molar-refractivity contribution in [3.05, 3.63) is 463 Å². The Labute approximate surface area is 933 Å². The van der Waals surface area contributed by atoms with Gasteiger partial charge >= 0.3 is 107 Å². The first-order valence-corrected chi connectivity index (χ1v) is 42.8. The summed E-state index contributed by atoms with van der Waals surface area (Å²) in [5.41, 5.74) is 8.45. The zero-order chi connectivity index (χ0) is 104. The molecule has 8 aromatic carbocycles. The largest absolute Gasteiger partial charge is 2.00 e. The molecule has 23 nitrogen and oxygen atoms in total. The van der Waals surface area contributed by atoms with Crippen LogP contribution in [0.15, 0.2) is 348 Å². The van der Waals surface area contributed by atoms with Crippen molar-refractivity contribution in [3.8, 4) is 39.7 Å². The molecule has 0 bridgehead atoms. The fraction of sp³-hybridized carbons (Fsp3) is 0.130. The number of alkyl halides is 12. The van der Waals surface area contributed by atoms with Gasteiger partial charge < -0.3 is 34.9 Å². The van der Waals surface area contributed by atoms with Crippen LogP contribution in [0.2, 0.25) is 0 Å². The van der Waals surface area contributed by atoms with E-state index >= 15 is 0 Å². The number of carbonyl (C=O) groups is 6. The third-order valence-electron chi connectivity index (χ3n) is 19.3. The predicted octanol–water partition coefficient (Wildman–Crippen LogP) is 23.6. The maximum absolute atomic E-state index is 12.6. The van der Waals surface area contributed by atoms with Crippen molar-refractivity contribution in [3.63, 3.8) is 0 Å². The van der Waals surface area contributed by atoms with Gasteiger partial charge in [0, 0.05) is 114 Å². The minimum absolute atomic E-state index is 0. The van der Waals surface area contributed by atoms with Crippen molar-refractivity contribution in [2.45, 2.75) is 93.9 Å². The van der Waals surface area contributed by atoms with Crippen molar-refractivity contribution in [2.24, 2.45) is 0 Å². The molecule has 0 saturated heterocycles. The zero-order valence-corrected chi connectivity index (χ0v) is 93.2. The summed E-state index contributed by atoms with van der Waals surface area (Å²) < 4.78 is 155. The van der Waals surface area contributed by atoms with Crippen LogP contribution in [0, 0.1) is 64.1 Å². The number of carbonyl (C=O) groups excluding carboxylic acids is 6. The maximum Gasteiger partial charge on any atom is 2.00 e. The van der Waals surface area contributed by atoms with Gasteiger partial charge in [-0.05, 0) is 149 Å². The molecule has 0 fully saturated rings. The second-order valence-corrected chi connectivity index (χ2v) is 29.9. The van der Waals surface area contributed by atoms with E-state index in [4.69, 9.17) is 0 Å². The second kappa shape index (κ2) is 63.9. The van der Waals surface area contributed by atoms with Crippen LogP contribution in [0.25, 0.3) is 61.4 Å². The van der Waals surface area contributed by atoms with Crippen molar-refractivity contribution >= 4 is 56.4 Å². The summed E-state index contributed by atoms with van der Waals surface area (Å²) in [5, 5.41) is 22.8. The summed E-state index contributed by atoms with van der Waals surface area (Å²) in [7, 11) is 0. The van der Waals surface area contributed by atoms with Gasteiger partial charge in [0.1, 0.15) is 34.7 Å². The molecule has 3 radical (unpaired) electrons. The van der Waals surface area contributed by atoms with Crippen LogP contribution >= 0.6 is 0 Å². The van der Waals surface area contributed by atoms with E-state index in [1.54, 1.807) is 113 Å². The molecule has 0 aliphatic rings. The van der Waals surface area contributed by atoms with Gasteiger partial charge in [0.25, 0.3) is 0 Å². The molecule has 12 heterocycles. The van der Waals surface area contributed by atoms with Crippen LogP contribution in [0.4, 0.5) is 52.7 Å². The molecule has 0 amide bonds. The molecule has 0 aliphatic carbocycles. The van der Waals surface area contributed by atoms with Gasteiger partial charge in [-0.2, -0.15) is 200 Å². The van der Waals surface area contributed by atoms with Crippen LogP contribution < -0.4 is 29.9 Å². The summed E-state index contributed by atoms with van der Waals surface area (Å²) in [6, 6.07) is 87.7. The molecular formula is C108H87F12Ir2N17O6Pt3Rh-4. The van der Waals surface area contributed by atoms with Gasteiger partial charge in [-0.3, -0.25) is 52.2 Å². The number of pyridine rings is 1. The summed E-state index contributed by atoms with van der Waals surface area (Å²) in [5.74, 6) is -0.314. The minimum Gasteiger partial charge on any atom is -0.661 e. The minimum atomic E-state index is -4.91. The number of para-hydroxylation sites is 3. The van der Waals surface area contributed by atoms with Crippen LogP contribution in [0.5, 0.6) is 0 Å². The number of hydrogen-bond acceptors (Lipinski definition) is 12. The zero-order valence-electron chi connectivity index (χ0n) is 79.9. The van der Waals surface area contributed by atoms with E-state index in [1.807, 2.05) is 221 Å². The van der Waals surface area contributed by atoms with E-state index in [-0.39, 0.29) is 164 Å². The van der Waals surface area contributed by atoms with E-state index in [9.17, 15) is 81.5 Å². The number of halogens is 12. The van der Waals surface area contributed by atoms with Crippen molar-refractivity contribution in [1.29, 1.82) is 0 Å². The van der Waals surface area contributed by atoms with Crippen LogP contribution in [-0.2, 0) is 148 Å². The van der Waals surface area contributed by atoms with Gasteiger partial charge in [-0.25, -0.2) is 0 Å². The number of hydrogen-bond donors (Lipinski definition) is 0. The molecule has 149 heavy (non-hydrogen) atoms. The van der Waals surface area contributed by atoms with Gasteiger partial charge in [0.2, 0.25) is 0 Å². The Bertz CT molecular complexity index is 7080. The summed E-state index contributed by atoms with van der Waals surface area (Å²) >= 11 is 0. The molecule has 785 valence electrons. The standard InChI is InChI=1S/C11H5F6N2.C11H11NO.C11H8N.C10H6F3N2.C10H9N2.C10H9NO.2C9H7N2.C8H11NO.C7H6F3NO.2C6H7NO.2Ir.3Pt.Rh/c12-10(13,14)7-4-8(11(15,16)17)6-9(5-7)19-3-1-2-18-19;1-7-9-5-3-4-6-10(9)12-11(7)8(2)13;1-2-6-10(7-3-1)11-8-4-5-9-12-11;11-10(12,13)8-2-4-9(5-3-8)15-7-1-6-14-15;1-9-4-2-5-10(8-9)12-7-3-6-11-12;1-7(12)10-9-5-3-2-4-8(9)6-11-10;2*1-2-5-9(6-3-1)11-8-4-7-10-11;1-5-4-9-8(6(5)2)7(3)10;1-4(12)6-2-5(3-11-6)7(8,9)10;2*1-5(8)6-3-2-4-7-6;;;;;;/h1-5H;3-6H,1-2H3,(H,12,13);1-6,8-9H;1-4,6-7H;2-4,6-8H,1H3;2-6H,1H3,(H,11,12);2*1-5,7-8H;4H,1-3H3,(H,9,10);2-3H,1H3,(H,11,12);2*2-4H,1H3,(H,7,8);;;;;;/q-1;;3*-1;;2*-1;;;;;;;4*+2/p-6. The molecule has 20 aromatic rings. The molecule has 0 N–H and O–H groups in total. The topological polar surface area (TPSA) is 289 Å². The van der Waals surface area contributed by atoms with Gasteiger partial charge in [-0.1, -0.05) is 165 Å². The first-order chi connectivity index (χ1) is 68.1. The number of aromatic nitrogens is 17. The second-order valence-electron chi connectivity index (χ2n) is 29.9. The van der Waals surface area contributed by atoms with Crippen molar-refractivity contribution in [2.75, 3.05) is 0 Å². The Hall–Kier alpha value is -13.7. The van der Waals surface area contributed by atoms with E-state index < -0.39 is 58.4 Å². The van der Waals surface area contributed by atoms with E-state index in [0.29, 0.717) is 46.4 Å². The van der Waals surface area contributed by atoms with Gasteiger partial charge in [0.15, 0.2) is 0 Å². The SMILES string of the molecule is CC(=O)c1[n-]c2ccccc2c1C.CC(=O)c1[n-]cc(C)c1C.CC(=O)c1[n-]cc2ccccc12.CC(=O)c1cc(C(F)(F)F)c[n-]1.CC(=O)c1ccc[n-]1.CC(=O)c1ccc[n-]1.Cc1cc[c-]c(-n2cccn2)c1.FC(F)(F)c1[c-]c(-n2cccn2)cc(C(F)(F)F)c1.FC(F)(F)c1c[c-]c(-n2cccn2)cc1.[Ir].[Ir].[Pt+2].[Pt+2].[Pt+2].[Rh+2].[c-]1ccccc1-c1ccccn1.[c-]1ccccc1-n1cccn1.[c-]1ccccc1-n1cccn1. The Morgan fingerprint density at radius 2 is 0.772 bits per heavy atom. The number of Topliss-reactive ketones (excluding diaryl/α,β-unsaturated/α-hetero) is 6.